The minimum Gasteiger partial charge on any atom is -0.304 e. The average Bonchev–Trinajstić information content (AvgIpc) is 2.51. The first kappa shape index (κ1) is 18.3. The van der Waals surface area contributed by atoms with Gasteiger partial charge in [-0.15, -0.1) is 0 Å². The van der Waals surface area contributed by atoms with Crippen LogP contribution in [0.25, 0.3) is 0 Å². The van der Waals surface area contributed by atoms with E-state index in [9.17, 15) is 0 Å². The molecular formula is C17H36N2S. The number of hydrogen-bond donors (Lipinski definition) is 1. The Bertz CT molecular complexity index is 235. The topological polar surface area (TPSA) is 6.48 Å². The molecule has 0 radical (unpaired) electrons. The minimum absolute atomic E-state index is 0.507. The molecule has 0 unspecified atom stereocenters. The maximum Gasteiger partial charge on any atom is 0.00457 e. The molecule has 2 nitrogen and oxygen atoms in total. The molecule has 1 fully saturated rings. The smallest absolute Gasteiger partial charge is 0.00457 e. The summed E-state index contributed by atoms with van der Waals surface area (Å²) < 4.78 is 0. The van der Waals surface area contributed by atoms with Crippen LogP contribution in [0.3, 0.4) is 0 Å². The predicted octanol–water partition coefficient (Wildman–Crippen LogP) is 3.92. The first-order valence-electron chi connectivity index (χ1n) is 8.75. The van der Waals surface area contributed by atoms with E-state index in [4.69, 9.17) is 0 Å². The molecule has 0 amide bonds. The highest BCUT2D eigenvalue weighted by Gasteiger charge is 2.32. The molecule has 1 aliphatic carbocycles. The maximum absolute atomic E-state index is 4.68. The van der Waals surface area contributed by atoms with E-state index in [1.807, 2.05) is 0 Å². The van der Waals surface area contributed by atoms with Crippen LogP contribution >= 0.6 is 12.6 Å². The van der Waals surface area contributed by atoms with E-state index in [0.717, 1.165) is 5.75 Å². The number of nitrogens with zero attached hydrogens (tertiary/aromatic N) is 2. The van der Waals surface area contributed by atoms with Gasteiger partial charge in [0.15, 0.2) is 0 Å². The molecule has 0 saturated heterocycles. The normalized spacial score (nSPS) is 18.9. The Kier molecular flexibility index (Phi) is 9.23. The van der Waals surface area contributed by atoms with Gasteiger partial charge in [0, 0.05) is 6.54 Å². The van der Waals surface area contributed by atoms with Gasteiger partial charge in [0.05, 0.1) is 0 Å². The van der Waals surface area contributed by atoms with Crippen molar-refractivity contribution in [3.8, 4) is 0 Å². The van der Waals surface area contributed by atoms with Crippen molar-refractivity contribution in [2.24, 2.45) is 5.41 Å². The van der Waals surface area contributed by atoms with E-state index in [1.165, 1.54) is 77.8 Å². The second kappa shape index (κ2) is 10.1. The van der Waals surface area contributed by atoms with Gasteiger partial charge in [-0.25, -0.2) is 0 Å². The molecule has 0 aromatic rings. The molecule has 0 spiro atoms. The molecule has 1 saturated carbocycles. The van der Waals surface area contributed by atoms with Crippen molar-refractivity contribution in [3.05, 3.63) is 0 Å². The third kappa shape index (κ3) is 5.95. The molecule has 0 bridgehead atoms. The van der Waals surface area contributed by atoms with Crippen molar-refractivity contribution in [2.45, 2.75) is 59.3 Å². The zero-order valence-corrected chi connectivity index (χ0v) is 14.9. The van der Waals surface area contributed by atoms with Crippen LogP contribution in [0, 0.1) is 5.41 Å². The lowest BCUT2D eigenvalue weighted by molar-refractivity contribution is 0.125. The molecule has 1 rings (SSSR count). The SMILES string of the molecule is CCN(CC)CCCN(CC)CC1(CS)CCCCC1. The molecule has 0 aliphatic heterocycles. The van der Waals surface area contributed by atoms with Crippen LogP contribution in [-0.2, 0) is 0 Å². The van der Waals surface area contributed by atoms with E-state index in [2.05, 4.69) is 43.2 Å². The average molecular weight is 301 g/mol. The van der Waals surface area contributed by atoms with Crippen molar-refractivity contribution < 1.29 is 0 Å². The highest BCUT2D eigenvalue weighted by atomic mass is 32.1. The van der Waals surface area contributed by atoms with Crippen molar-refractivity contribution in [2.75, 3.05) is 45.0 Å². The van der Waals surface area contributed by atoms with Gasteiger partial charge in [0.1, 0.15) is 0 Å². The summed E-state index contributed by atoms with van der Waals surface area (Å²) in [4.78, 5) is 5.20. The zero-order valence-electron chi connectivity index (χ0n) is 14.0. The number of thiol groups is 1. The van der Waals surface area contributed by atoms with E-state index >= 15 is 0 Å². The fourth-order valence-corrected chi connectivity index (χ4v) is 3.97. The third-order valence-electron chi connectivity index (χ3n) is 5.10. The molecule has 0 aromatic carbocycles. The van der Waals surface area contributed by atoms with E-state index in [-0.39, 0.29) is 0 Å². The van der Waals surface area contributed by atoms with Gasteiger partial charge in [0.2, 0.25) is 0 Å². The van der Waals surface area contributed by atoms with Crippen LogP contribution < -0.4 is 0 Å². The second-order valence-corrected chi connectivity index (χ2v) is 6.78. The Morgan fingerprint density at radius 2 is 1.40 bits per heavy atom. The van der Waals surface area contributed by atoms with E-state index in [0.29, 0.717) is 5.41 Å². The fourth-order valence-electron chi connectivity index (χ4n) is 3.55. The number of rotatable bonds is 10. The van der Waals surface area contributed by atoms with Gasteiger partial charge in [-0.05, 0) is 63.2 Å². The van der Waals surface area contributed by atoms with Crippen molar-refractivity contribution in [1.82, 2.24) is 9.80 Å². The molecule has 0 aromatic heterocycles. The van der Waals surface area contributed by atoms with Crippen LogP contribution in [0.2, 0.25) is 0 Å². The second-order valence-electron chi connectivity index (χ2n) is 6.47. The standard InChI is InChI=1S/C17H36N2S/c1-4-18(5-2)13-10-14-19(6-3)15-17(16-20)11-8-7-9-12-17/h20H,4-16H2,1-3H3. The Morgan fingerprint density at radius 3 is 1.90 bits per heavy atom. The summed E-state index contributed by atoms with van der Waals surface area (Å²) in [6.45, 7) is 14.2. The monoisotopic (exact) mass is 300 g/mol. The molecular weight excluding hydrogens is 264 g/mol. The van der Waals surface area contributed by atoms with Gasteiger partial charge >= 0.3 is 0 Å². The molecule has 0 heterocycles. The Balaban J connectivity index is 2.37. The van der Waals surface area contributed by atoms with Gasteiger partial charge in [-0.2, -0.15) is 12.6 Å². The summed E-state index contributed by atoms with van der Waals surface area (Å²) in [5, 5.41) is 0. The summed E-state index contributed by atoms with van der Waals surface area (Å²) in [6.07, 6.45) is 8.35. The van der Waals surface area contributed by atoms with Gasteiger partial charge < -0.3 is 9.80 Å². The molecule has 1 aliphatic rings. The van der Waals surface area contributed by atoms with Crippen LogP contribution in [0.4, 0.5) is 0 Å². The lowest BCUT2D eigenvalue weighted by atomic mass is 9.75. The first-order valence-corrected chi connectivity index (χ1v) is 9.38. The van der Waals surface area contributed by atoms with E-state index < -0.39 is 0 Å². The summed E-state index contributed by atoms with van der Waals surface area (Å²) in [7, 11) is 0. The van der Waals surface area contributed by atoms with Crippen LogP contribution in [-0.4, -0.2) is 54.8 Å². The first-order chi connectivity index (χ1) is 9.69. The maximum atomic E-state index is 4.68. The van der Waals surface area contributed by atoms with Crippen LogP contribution in [0.15, 0.2) is 0 Å². The van der Waals surface area contributed by atoms with Crippen LogP contribution in [0.5, 0.6) is 0 Å². The van der Waals surface area contributed by atoms with Crippen molar-refractivity contribution in [3.63, 3.8) is 0 Å². The summed E-state index contributed by atoms with van der Waals surface area (Å²) in [6, 6.07) is 0. The Hall–Kier alpha value is 0.270. The Morgan fingerprint density at radius 1 is 0.850 bits per heavy atom. The zero-order chi connectivity index (χ0) is 14.8. The fraction of sp³-hybridized carbons (Fsp3) is 1.00. The van der Waals surface area contributed by atoms with Crippen molar-refractivity contribution in [1.29, 1.82) is 0 Å². The molecule has 0 atom stereocenters. The van der Waals surface area contributed by atoms with E-state index in [1.54, 1.807) is 0 Å². The van der Waals surface area contributed by atoms with Crippen molar-refractivity contribution >= 4 is 12.6 Å². The summed E-state index contributed by atoms with van der Waals surface area (Å²) in [5.41, 5.74) is 0.507. The molecule has 3 heteroatoms. The number of hydrogen-bond acceptors (Lipinski definition) is 3. The van der Waals surface area contributed by atoms with Crippen LogP contribution in [0.1, 0.15) is 59.3 Å². The predicted molar refractivity (Wildman–Crippen MR) is 93.9 cm³/mol. The Labute approximate surface area is 132 Å². The quantitative estimate of drug-likeness (QED) is 0.611. The molecule has 120 valence electrons. The third-order valence-corrected chi connectivity index (χ3v) is 5.77. The largest absolute Gasteiger partial charge is 0.304 e. The van der Waals surface area contributed by atoms with Gasteiger partial charge in [0.25, 0.3) is 0 Å². The summed E-state index contributed by atoms with van der Waals surface area (Å²) >= 11 is 4.68. The molecule has 20 heavy (non-hydrogen) atoms. The molecule has 0 N–H and O–H groups in total. The lowest BCUT2D eigenvalue weighted by Crippen LogP contribution is -2.41. The minimum atomic E-state index is 0.507. The van der Waals surface area contributed by atoms with Gasteiger partial charge in [-0.1, -0.05) is 40.0 Å². The highest BCUT2D eigenvalue weighted by molar-refractivity contribution is 7.80. The van der Waals surface area contributed by atoms with Gasteiger partial charge in [-0.3, -0.25) is 0 Å². The lowest BCUT2D eigenvalue weighted by Gasteiger charge is -2.40. The summed E-state index contributed by atoms with van der Waals surface area (Å²) in [5.74, 6) is 1.07. The highest BCUT2D eigenvalue weighted by Crippen LogP contribution is 2.38.